The Morgan fingerprint density at radius 1 is 1.78 bits per heavy atom. The lowest BCUT2D eigenvalue weighted by molar-refractivity contribution is -0.446. The van der Waals surface area contributed by atoms with Crippen LogP contribution in [0.4, 0.5) is 5.88 Å². The highest BCUT2D eigenvalue weighted by atomic mass is 16.7. The molecule has 0 aromatic carbocycles. The molecule has 0 saturated carbocycles. The molecule has 0 bridgehead atoms. The van der Waals surface area contributed by atoms with Crippen LogP contribution in [-0.2, 0) is 0 Å². The van der Waals surface area contributed by atoms with Gasteiger partial charge in [-0.25, -0.2) is 10.1 Å². The number of hydrogen-bond acceptors (Lipinski definition) is 3. The van der Waals surface area contributed by atoms with Crippen LogP contribution in [0, 0.1) is 10.1 Å². The van der Waals surface area contributed by atoms with Crippen molar-refractivity contribution in [3.8, 4) is 0 Å². The first kappa shape index (κ1) is 5.61. The van der Waals surface area contributed by atoms with Crippen molar-refractivity contribution >= 4 is 5.88 Å². The van der Waals surface area contributed by atoms with E-state index in [-0.39, 0.29) is 5.88 Å². The molecule has 5 heteroatoms. The molecule has 9 heavy (non-hydrogen) atoms. The smallest absolute Gasteiger partial charge is 0.254 e. The Balaban J connectivity index is 2.58. The number of hydrogen-bond donors (Lipinski definition) is 1. The van der Waals surface area contributed by atoms with Crippen LogP contribution >= 0.6 is 0 Å². The molecule has 1 rings (SSSR count). The number of hydrazine groups is 1. The molecular weight excluding hydrogens is 124 g/mol. The Bertz CT molecular complexity index is 194. The van der Waals surface area contributed by atoms with E-state index >= 15 is 0 Å². The molecule has 1 heterocycles. The van der Waals surface area contributed by atoms with E-state index < -0.39 is 5.03 Å². The maximum atomic E-state index is 9.70. The lowest BCUT2D eigenvalue weighted by Gasteiger charge is -1.86. The first-order chi connectivity index (χ1) is 4.29. The third-order valence-corrected chi connectivity index (χ3v) is 0.723. The molecule has 0 aliphatic rings. The average Bonchev–Trinajstić information content (AvgIpc) is 2.15. The van der Waals surface area contributed by atoms with Crippen molar-refractivity contribution in [2.24, 2.45) is 0 Å². The van der Waals surface area contributed by atoms with Crippen molar-refractivity contribution in [1.82, 2.24) is 0 Å². The monoisotopic (exact) mass is 128 g/mol. The summed E-state index contributed by atoms with van der Waals surface area (Å²) in [6, 6.07) is 3.02. The van der Waals surface area contributed by atoms with Crippen molar-refractivity contribution in [1.29, 1.82) is 0 Å². The minimum Gasteiger partial charge on any atom is -0.444 e. The molecule has 0 unspecified atom stereocenters. The highest BCUT2D eigenvalue weighted by Gasteiger charge is 1.97. The fourth-order valence-corrected chi connectivity index (χ4v) is 0.432. The van der Waals surface area contributed by atoms with Crippen LogP contribution < -0.4 is 5.43 Å². The minimum absolute atomic E-state index is 0.139. The molecule has 0 saturated heterocycles. The molecule has 1 aromatic heterocycles. The van der Waals surface area contributed by atoms with Crippen molar-refractivity contribution < 1.29 is 9.45 Å². The minimum atomic E-state index is -0.682. The van der Waals surface area contributed by atoms with E-state index in [1.54, 1.807) is 6.07 Å². The van der Waals surface area contributed by atoms with Crippen LogP contribution in [0.15, 0.2) is 22.8 Å². The Morgan fingerprint density at radius 2 is 2.56 bits per heavy atom. The largest absolute Gasteiger partial charge is 0.444 e. The Kier molecular flexibility index (Phi) is 1.35. The van der Waals surface area contributed by atoms with Gasteiger partial charge in [0.05, 0.1) is 6.26 Å². The Hall–Kier alpha value is -1.52. The second kappa shape index (κ2) is 2.17. The SMILES string of the molecule is O=[N+]([O-])Nc1ccco1. The van der Waals surface area contributed by atoms with Gasteiger partial charge in [-0.15, -0.1) is 0 Å². The molecule has 0 amide bonds. The first-order valence-corrected chi connectivity index (χ1v) is 2.23. The quantitative estimate of drug-likeness (QED) is 0.474. The third-order valence-electron chi connectivity index (χ3n) is 0.723. The molecule has 0 aliphatic carbocycles. The molecule has 48 valence electrons. The zero-order valence-electron chi connectivity index (χ0n) is 4.40. The Labute approximate surface area is 50.4 Å². The normalized spacial score (nSPS) is 8.89. The fraction of sp³-hybridized carbons (Fsp3) is 0. The average molecular weight is 128 g/mol. The summed E-state index contributed by atoms with van der Waals surface area (Å²) in [5, 5.41) is 9.02. The molecule has 1 N–H and O–H groups in total. The highest BCUT2D eigenvalue weighted by molar-refractivity contribution is 5.25. The van der Waals surface area contributed by atoms with Crippen LogP contribution in [0.2, 0.25) is 0 Å². The maximum Gasteiger partial charge on any atom is 0.254 e. The number of nitro groups is 1. The molecule has 0 fully saturated rings. The molecule has 0 atom stereocenters. The number of furan rings is 1. The van der Waals surface area contributed by atoms with Gasteiger partial charge in [0.25, 0.3) is 5.88 Å². The van der Waals surface area contributed by atoms with Crippen LogP contribution in [0.25, 0.3) is 0 Å². The van der Waals surface area contributed by atoms with Gasteiger partial charge in [0.1, 0.15) is 0 Å². The lowest BCUT2D eigenvalue weighted by atomic mass is 10.6. The van der Waals surface area contributed by atoms with Gasteiger partial charge in [-0.1, -0.05) is 5.43 Å². The second-order valence-corrected chi connectivity index (χ2v) is 1.35. The number of nitrogens with one attached hydrogen (secondary N) is 1. The second-order valence-electron chi connectivity index (χ2n) is 1.35. The van der Waals surface area contributed by atoms with E-state index in [2.05, 4.69) is 4.42 Å². The summed E-state index contributed by atoms with van der Waals surface area (Å²) < 4.78 is 4.59. The van der Waals surface area contributed by atoms with Crippen LogP contribution in [-0.4, -0.2) is 5.03 Å². The van der Waals surface area contributed by atoms with E-state index in [9.17, 15) is 10.1 Å². The number of rotatable bonds is 2. The number of anilines is 1. The van der Waals surface area contributed by atoms with Crippen LogP contribution in [0.3, 0.4) is 0 Å². The van der Waals surface area contributed by atoms with Gasteiger partial charge in [0.15, 0.2) is 5.03 Å². The summed E-state index contributed by atoms with van der Waals surface area (Å²) >= 11 is 0. The summed E-state index contributed by atoms with van der Waals surface area (Å²) in [4.78, 5) is 9.70. The van der Waals surface area contributed by atoms with Gasteiger partial charge in [0, 0.05) is 6.07 Å². The van der Waals surface area contributed by atoms with Gasteiger partial charge in [-0.2, -0.15) is 0 Å². The van der Waals surface area contributed by atoms with Gasteiger partial charge < -0.3 is 4.42 Å². The predicted molar refractivity (Wildman–Crippen MR) is 29.3 cm³/mol. The van der Waals surface area contributed by atoms with Gasteiger partial charge in [0.2, 0.25) is 0 Å². The molecule has 1 aromatic rings. The van der Waals surface area contributed by atoms with Gasteiger partial charge >= 0.3 is 0 Å². The van der Waals surface area contributed by atoms with Crippen molar-refractivity contribution in [2.45, 2.75) is 0 Å². The van der Waals surface area contributed by atoms with Crippen molar-refractivity contribution in [2.75, 3.05) is 5.43 Å². The highest BCUT2D eigenvalue weighted by Crippen LogP contribution is 2.04. The molecule has 0 spiro atoms. The molecule has 0 radical (unpaired) electrons. The Morgan fingerprint density at radius 3 is 3.00 bits per heavy atom. The summed E-state index contributed by atoms with van der Waals surface area (Å²) in [5.41, 5.74) is 1.84. The van der Waals surface area contributed by atoms with Crippen molar-refractivity contribution in [3.63, 3.8) is 0 Å². The van der Waals surface area contributed by atoms with Gasteiger partial charge in [-0.05, 0) is 6.07 Å². The van der Waals surface area contributed by atoms with Crippen molar-refractivity contribution in [3.05, 3.63) is 28.5 Å². The van der Waals surface area contributed by atoms with Gasteiger partial charge in [-0.3, -0.25) is 0 Å². The van der Waals surface area contributed by atoms with E-state index in [0.29, 0.717) is 0 Å². The molecule has 0 aliphatic heterocycles. The van der Waals surface area contributed by atoms with E-state index in [1.165, 1.54) is 12.3 Å². The van der Waals surface area contributed by atoms with Crippen LogP contribution in [0.5, 0.6) is 0 Å². The van der Waals surface area contributed by atoms with E-state index in [4.69, 9.17) is 0 Å². The van der Waals surface area contributed by atoms with Crippen LogP contribution in [0.1, 0.15) is 0 Å². The summed E-state index contributed by atoms with van der Waals surface area (Å²) in [7, 11) is 0. The lowest BCUT2D eigenvalue weighted by Crippen LogP contribution is -2.06. The molecule has 5 nitrogen and oxygen atoms in total. The summed E-state index contributed by atoms with van der Waals surface area (Å²) in [6.45, 7) is 0. The van der Waals surface area contributed by atoms with E-state index in [1.807, 2.05) is 5.43 Å². The predicted octanol–water partition coefficient (Wildman–Crippen LogP) is 0.883. The third kappa shape index (κ3) is 1.45. The standard InChI is InChI=1S/C4H4N2O3/c7-6(8)5-4-2-1-3-9-4/h1-3,5H. The maximum absolute atomic E-state index is 9.70. The number of nitrogens with zero attached hydrogens (tertiary/aromatic N) is 1. The fourth-order valence-electron chi connectivity index (χ4n) is 0.432. The van der Waals surface area contributed by atoms with E-state index in [0.717, 1.165) is 0 Å². The zero-order chi connectivity index (χ0) is 6.69. The first-order valence-electron chi connectivity index (χ1n) is 2.23. The molecular formula is C4H4N2O3. The summed E-state index contributed by atoms with van der Waals surface area (Å²) in [6.07, 6.45) is 1.35. The summed E-state index contributed by atoms with van der Waals surface area (Å²) in [5.74, 6) is 0.139. The topological polar surface area (TPSA) is 68.3 Å². The zero-order valence-corrected chi connectivity index (χ0v) is 4.40.